The molecule has 0 saturated carbocycles. The zero-order chi connectivity index (χ0) is 20.1. The average Bonchev–Trinajstić information content (AvgIpc) is 3.23. The molecule has 1 aliphatic heterocycles. The molecule has 0 bridgehead atoms. The van der Waals surface area contributed by atoms with E-state index in [9.17, 15) is 0 Å². The summed E-state index contributed by atoms with van der Waals surface area (Å²) in [5, 5.41) is 13.5. The van der Waals surface area contributed by atoms with Crippen molar-refractivity contribution in [2.45, 2.75) is 32.2 Å². The van der Waals surface area contributed by atoms with Gasteiger partial charge in [-0.3, -0.25) is 11.2 Å². The lowest BCUT2D eigenvalue weighted by Gasteiger charge is -2.29. The van der Waals surface area contributed by atoms with Crippen molar-refractivity contribution in [3.05, 3.63) is 54.2 Å². The van der Waals surface area contributed by atoms with Gasteiger partial charge in [0.15, 0.2) is 11.9 Å². The maximum atomic E-state index is 6.23. The Balaban J connectivity index is 2.02. The van der Waals surface area contributed by atoms with Crippen LogP contribution in [0.4, 0.5) is 0 Å². The van der Waals surface area contributed by atoms with Gasteiger partial charge in [0.05, 0.1) is 12.8 Å². The monoisotopic (exact) mass is 386 g/mol. The van der Waals surface area contributed by atoms with Gasteiger partial charge >= 0.3 is 0 Å². The first-order valence-corrected chi connectivity index (χ1v) is 8.88. The fourth-order valence-corrected chi connectivity index (χ4v) is 2.96. The van der Waals surface area contributed by atoms with E-state index in [1.807, 2.05) is 41.2 Å². The van der Waals surface area contributed by atoms with Crippen molar-refractivity contribution in [3.63, 3.8) is 0 Å². The molecular formula is C18H26N8O2. The summed E-state index contributed by atoms with van der Waals surface area (Å²) < 4.78 is 13.8. The van der Waals surface area contributed by atoms with E-state index in [4.69, 9.17) is 21.2 Å². The van der Waals surface area contributed by atoms with Gasteiger partial charge in [-0.25, -0.2) is 5.43 Å². The minimum Gasteiger partial charge on any atom is -0.495 e. The minimum atomic E-state index is -0.593. The van der Waals surface area contributed by atoms with Crippen molar-refractivity contribution >= 4 is 0 Å². The van der Waals surface area contributed by atoms with Gasteiger partial charge in [0, 0.05) is 30.2 Å². The second kappa shape index (κ2) is 8.74. The number of aromatic nitrogens is 1. The highest BCUT2D eigenvalue weighted by atomic mass is 16.5. The molecule has 150 valence electrons. The predicted molar refractivity (Wildman–Crippen MR) is 105 cm³/mol. The fourth-order valence-electron chi connectivity index (χ4n) is 2.96. The molecule has 28 heavy (non-hydrogen) atoms. The third-order valence-corrected chi connectivity index (χ3v) is 4.38. The van der Waals surface area contributed by atoms with Crippen molar-refractivity contribution in [2.75, 3.05) is 7.11 Å². The third-order valence-electron chi connectivity index (χ3n) is 4.38. The first-order valence-electron chi connectivity index (χ1n) is 8.88. The van der Waals surface area contributed by atoms with Gasteiger partial charge in [0.2, 0.25) is 0 Å². The Morgan fingerprint density at radius 1 is 1.21 bits per heavy atom. The second-order valence-electron chi connectivity index (χ2n) is 6.52. The van der Waals surface area contributed by atoms with Gasteiger partial charge in [-0.1, -0.05) is 19.1 Å². The summed E-state index contributed by atoms with van der Waals surface area (Å²) in [6.45, 7) is 4.18. The Labute approximate surface area is 163 Å². The Hall–Kier alpha value is -3.08. The predicted octanol–water partition coefficient (Wildman–Crippen LogP) is 1.42. The van der Waals surface area contributed by atoms with Gasteiger partial charge in [-0.05, 0) is 24.1 Å². The summed E-state index contributed by atoms with van der Waals surface area (Å²) in [7, 11) is 1.65. The normalized spacial score (nSPS) is 19.5. The largest absolute Gasteiger partial charge is 0.495 e. The molecule has 7 N–H and O–H groups in total. The summed E-state index contributed by atoms with van der Waals surface area (Å²) in [4.78, 5) is 0. The SMILES string of the molecule is COc1cc(C(C)C)c(OC2=CNC(NN)NC2N=NN)cc1-n1cccc1. The molecule has 10 heteroatoms. The van der Waals surface area contributed by atoms with Crippen molar-refractivity contribution < 1.29 is 9.47 Å². The zero-order valence-electron chi connectivity index (χ0n) is 16.1. The quantitative estimate of drug-likeness (QED) is 0.276. The number of hydrazine groups is 1. The van der Waals surface area contributed by atoms with Crippen LogP contribution in [0.5, 0.6) is 11.5 Å². The molecule has 2 atom stereocenters. The molecule has 1 aromatic carbocycles. The number of nitrogens with zero attached hydrogens (tertiary/aromatic N) is 3. The van der Waals surface area contributed by atoms with Gasteiger partial charge in [-0.2, -0.15) is 0 Å². The number of nitrogens with two attached hydrogens (primary N) is 2. The first kappa shape index (κ1) is 19.7. The van der Waals surface area contributed by atoms with E-state index >= 15 is 0 Å². The van der Waals surface area contributed by atoms with Crippen LogP contribution in [0, 0.1) is 0 Å². The van der Waals surface area contributed by atoms with E-state index in [0.717, 1.165) is 17.0 Å². The maximum absolute atomic E-state index is 6.23. The van der Waals surface area contributed by atoms with Crippen molar-refractivity contribution in [2.24, 2.45) is 22.0 Å². The first-order chi connectivity index (χ1) is 13.6. The Bertz CT molecular complexity index is 848. The van der Waals surface area contributed by atoms with E-state index in [1.165, 1.54) is 0 Å². The lowest BCUT2D eigenvalue weighted by molar-refractivity contribution is 0.268. The second-order valence-corrected chi connectivity index (χ2v) is 6.52. The maximum Gasteiger partial charge on any atom is 0.185 e. The van der Waals surface area contributed by atoms with Crippen LogP contribution < -0.4 is 37.2 Å². The van der Waals surface area contributed by atoms with Crippen LogP contribution in [0.2, 0.25) is 0 Å². The molecule has 10 nitrogen and oxygen atoms in total. The number of ether oxygens (including phenoxy) is 2. The molecule has 0 saturated heterocycles. The van der Waals surface area contributed by atoms with Crippen LogP contribution in [0.25, 0.3) is 5.69 Å². The number of rotatable bonds is 7. The zero-order valence-corrected chi connectivity index (χ0v) is 16.1. The van der Waals surface area contributed by atoms with Crippen LogP contribution in [-0.4, -0.2) is 24.1 Å². The molecule has 0 fully saturated rings. The lowest BCUT2D eigenvalue weighted by atomic mass is 10.0. The van der Waals surface area contributed by atoms with Gasteiger partial charge in [-0.15, -0.1) is 5.11 Å². The van der Waals surface area contributed by atoms with E-state index < -0.39 is 12.5 Å². The summed E-state index contributed by atoms with van der Waals surface area (Å²) >= 11 is 0. The number of hydrogen-bond acceptors (Lipinski definition) is 8. The van der Waals surface area contributed by atoms with E-state index in [0.29, 0.717) is 11.5 Å². The molecular weight excluding hydrogens is 360 g/mol. The van der Waals surface area contributed by atoms with Crippen LogP contribution >= 0.6 is 0 Å². The summed E-state index contributed by atoms with van der Waals surface area (Å²) in [6.07, 6.45) is 4.60. The number of hydrogen-bond donors (Lipinski definition) is 5. The number of benzene rings is 1. The molecule has 0 aliphatic carbocycles. The van der Waals surface area contributed by atoms with Crippen molar-refractivity contribution in [1.29, 1.82) is 0 Å². The molecule has 1 aromatic heterocycles. The minimum absolute atomic E-state index is 0.209. The highest BCUT2D eigenvalue weighted by Crippen LogP contribution is 2.37. The molecule has 2 unspecified atom stereocenters. The third kappa shape index (κ3) is 4.09. The van der Waals surface area contributed by atoms with Crippen LogP contribution in [0.15, 0.2) is 59.0 Å². The molecule has 1 aliphatic rings. The smallest absolute Gasteiger partial charge is 0.185 e. The molecule has 3 rings (SSSR count). The number of methoxy groups -OCH3 is 1. The fraction of sp³-hybridized carbons (Fsp3) is 0.333. The van der Waals surface area contributed by atoms with E-state index in [2.05, 4.69) is 40.2 Å². The highest BCUT2D eigenvalue weighted by Gasteiger charge is 2.26. The molecule has 0 spiro atoms. The van der Waals surface area contributed by atoms with Gasteiger partial charge < -0.3 is 25.2 Å². The summed E-state index contributed by atoms with van der Waals surface area (Å²) in [6, 6.07) is 7.83. The Morgan fingerprint density at radius 3 is 2.57 bits per heavy atom. The number of nitrogens with one attached hydrogen (secondary N) is 3. The molecule has 2 heterocycles. The standard InChI is InChI=1S/C18H26N8O2/c1-11(2)12-8-15(27-3)13(26-6-4-5-7-26)9-14(12)28-16-10-21-18(23-19)22-17(16)24-25-20/h4-11,17-18,21-23H,19H2,1-3H3,(H2,20,24). The molecule has 2 aromatic rings. The lowest BCUT2D eigenvalue weighted by Crippen LogP contribution is -2.60. The Morgan fingerprint density at radius 2 is 1.96 bits per heavy atom. The summed E-state index contributed by atoms with van der Waals surface area (Å²) in [5.74, 6) is 12.9. The van der Waals surface area contributed by atoms with Crippen LogP contribution in [0.1, 0.15) is 25.3 Å². The molecule has 0 radical (unpaired) electrons. The van der Waals surface area contributed by atoms with E-state index in [1.54, 1.807) is 13.3 Å². The Kier molecular flexibility index (Phi) is 6.14. The van der Waals surface area contributed by atoms with Gasteiger partial charge in [0.1, 0.15) is 17.8 Å². The van der Waals surface area contributed by atoms with Crippen LogP contribution in [0.3, 0.4) is 0 Å². The van der Waals surface area contributed by atoms with Gasteiger partial charge in [0.25, 0.3) is 0 Å². The topological polar surface area (TPSA) is 136 Å². The van der Waals surface area contributed by atoms with E-state index in [-0.39, 0.29) is 5.92 Å². The van der Waals surface area contributed by atoms with Crippen molar-refractivity contribution in [3.8, 4) is 17.2 Å². The molecule has 0 amide bonds. The van der Waals surface area contributed by atoms with Crippen LogP contribution in [-0.2, 0) is 0 Å². The summed E-state index contributed by atoms with van der Waals surface area (Å²) in [5.41, 5.74) is 4.42. The highest BCUT2D eigenvalue weighted by molar-refractivity contribution is 5.56. The average molecular weight is 386 g/mol. The van der Waals surface area contributed by atoms with Crippen molar-refractivity contribution in [1.82, 2.24) is 20.6 Å².